The summed E-state index contributed by atoms with van der Waals surface area (Å²) < 4.78 is 21.1. The zero-order valence-corrected chi connectivity index (χ0v) is 15.6. The Morgan fingerprint density at radius 1 is 1.27 bits per heavy atom. The highest BCUT2D eigenvalue weighted by molar-refractivity contribution is 7.99. The minimum absolute atomic E-state index is 0.0560. The molecule has 0 saturated carbocycles. The number of nitrogens with zero attached hydrogens (tertiary/aromatic N) is 4. The quantitative estimate of drug-likeness (QED) is 0.620. The fourth-order valence-electron chi connectivity index (χ4n) is 2.45. The van der Waals surface area contributed by atoms with E-state index in [1.165, 1.54) is 17.8 Å². The van der Waals surface area contributed by atoms with E-state index in [1.807, 2.05) is 19.1 Å². The van der Waals surface area contributed by atoms with Crippen LogP contribution in [-0.2, 0) is 18.4 Å². The molecule has 2 aromatic heterocycles. The lowest BCUT2D eigenvalue weighted by Crippen LogP contribution is -2.27. The summed E-state index contributed by atoms with van der Waals surface area (Å²) in [5.74, 6) is 1.78. The number of halogens is 1. The molecule has 1 aromatic carbocycles. The fourth-order valence-corrected chi connectivity index (χ4v) is 3.30. The van der Waals surface area contributed by atoms with E-state index >= 15 is 0 Å². The Labute approximate surface area is 155 Å². The lowest BCUT2D eigenvalue weighted by molar-refractivity contribution is -0.127. The van der Waals surface area contributed by atoms with Crippen LogP contribution < -0.4 is 0 Å². The van der Waals surface area contributed by atoms with Crippen molar-refractivity contribution in [3.8, 4) is 11.4 Å². The molecule has 3 rings (SSSR count). The number of carbonyl (C=O) groups excluding carboxylic acids is 1. The van der Waals surface area contributed by atoms with Gasteiger partial charge in [-0.05, 0) is 31.2 Å². The van der Waals surface area contributed by atoms with Crippen LogP contribution in [0, 0.1) is 12.7 Å². The van der Waals surface area contributed by atoms with Gasteiger partial charge in [-0.3, -0.25) is 4.79 Å². The van der Waals surface area contributed by atoms with E-state index in [1.54, 1.807) is 41.8 Å². The molecule has 6 nitrogen and oxygen atoms in total. The van der Waals surface area contributed by atoms with Crippen molar-refractivity contribution in [2.75, 3.05) is 12.8 Å². The molecule has 0 fully saturated rings. The minimum Gasteiger partial charge on any atom is -0.464 e. The van der Waals surface area contributed by atoms with Crippen LogP contribution in [0.5, 0.6) is 0 Å². The number of rotatable bonds is 6. The molecule has 136 valence electrons. The Morgan fingerprint density at radius 3 is 2.73 bits per heavy atom. The first-order valence-electron chi connectivity index (χ1n) is 8.02. The summed E-state index contributed by atoms with van der Waals surface area (Å²) in [6, 6.07) is 10.1. The Morgan fingerprint density at radius 2 is 2.04 bits per heavy atom. The van der Waals surface area contributed by atoms with E-state index in [2.05, 4.69) is 10.2 Å². The van der Waals surface area contributed by atoms with Crippen LogP contribution in [0.1, 0.15) is 11.5 Å². The van der Waals surface area contributed by atoms with E-state index in [9.17, 15) is 9.18 Å². The van der Waals surface area contributed by atoms with Gasteiger partial charge in [0.2, 0.25) is 5.91 Å². The van der Waals surface area contributed by atoms with Gasteiger partial charge in [0.05, 0.1) is 17.9 Å². The van der Waals surface area contributed by atoms with E-state index in [-0.39, 0.29) is 17.5 Å². The summed E-state index contributed by atoms with van der Waals surface area (Å²) in [7, 11) is 3.48. The first-order valence-corrected chi connectivity index (χ1v) is 9.00. The zero-order chi connectivity index (χ0) is 18.7. The summed E-state index contributed by atoms with van der Waals surface area (Å²) >= 11 is 1.27. The monoisotopic (exact) mass is 374 g/mol. The predicted molar refractivity (Wildman–Crippen MR) is 97.0 cm³/mol. The van der Waals surface area contributed by atoms with Crippen molar-refractivity contribution < 1.29 is 13.6 Å². The first kappa shape index (κ1) is 18.2. The lowest BCUT2D eigenvalue weighted by Gasteiger charge is -2.15. The molecular formula is C18H19FN4O2S. The van der Waals surface area contributed by atoms with Gasteiger partial charge in [0.25, 0.3) is 0 Å². The van der Waals surface area contributed by atoms with Crippen LogP contribution in [0.2, 0.25) is 0 Å². The number of benzene rings is 1. The van der Waals surface area contributed by atoms with Gasteiger partial charge < -0.3 is 13.9 Å². The Hall–Kier alpha value is -2.61. The molecule has 2 heterocycles. The van der Waals surface area contributed by atoms with E-state index in [0.717, 1.165) is 11.5 Å². The molecule has 0 spiro atoms. The third-order valence-electron chi connectivity index (χ3n) is 3.89. The van der Waals surface area contributed by atoms with Crippen LogP contribution in [-0.4, -0.2) is 38.4 Å². The predicted octanol–water partition coefficient (Wildman–Crippen LogP) is 3.27. The number of aromatic nitrogens is 3. The third-order valence-corrected chi connectivity index (χ3v) is 4.89. The van der Waals surface area contributed by atoms with Crippen molar-refractivity contribution in [1.29, 1.82) is 0 Å². The SMILES string of the molecule is Cc1ccc(CN(C)C(=O)CSc2nnc(-c3ccccc3F)n2C)o1. The molecule has 8 heteroatoms. The molecule has 0 atom stereocenters. The molecule has 0 unspecified atom stereocenters. The molecule has 3 aromatic rings. The van der Waals surface area contributed by atoms with Crippen molar-refractivity contribution in [1.82, 2.24) is 19.7 Å². The third kappa shape index (κ3) is 3.96. The Bertz CT molecular complexity index is 922. The fraction of sp³-hybridized carbons (Fsp3) is 0.278. The summed E-state index contributed by atoms with van der Waals surface area (Å²) in [5.41, 5.74) is 0.381. The zero-order valence-electron chi connectivity index (χ0n) is 14.8. The summed E-state index contributed by atoms with van der Waals surface area (Å²) in [6.45, 7) is 2.27. The van der Waals surface area contributed by atoms with E-state index < -0.39 is 0 Å². The lowest BCUT2D eigenvalue weighted by atomic mass is 10.2. The topological polar surface area (TPSA) is 64.2 Å². The van der Waals surface area contributed by atoms with Gasteiger partial charge in [-0.15, -0.1) is 10.2 Å². The second kappa shape index (κ2) is 7.74. The van der Waals surface area contributed by atoms with Gasteiger partial charge >= 0.3 is 0 Å². The van der Waals surface area contributed by atoms with E-state index in [0.29, 0.717) is 23.1 Å². The number of furan rings is 1. The molecule has 0 aliphatic carbocycles. The van der Waals surface area contributed by atoms with Crippen molar-refractivity contribution >= 4 is 17.7 Å². The molecule has 0 radical (unpaired) electrons. The number of thioether (sulfide) groups is 1. The summed E-state index contributed by atoms with van der Waals surface area (Å²) in [5, 5.41) is 8.68. The molecule has 0 saturated heterocycles. The highest BCUT2D eigenvalue weighted by Gasteiger charge is 2.17. The maximum absolute atomic E-state index is 13.9. The second-order valence-corrected chi connectivity index (χ2v) is 6.84. The molecule has 0 bridgehead atoms. The minimum atomic E-state index is -0.357. The number of amides is 1. The maximum Gasteiger partial charge on any atom is 0.233 e. The highest BCUT2D eigenvalue weighted by atomic mass is 32.2. The first-order chi connectivity index (χ1) is 12.5. The van der Waals surface area contributed by atoms with Crippen molar-refractivity contribution in [2.24, 2.45) is 7.05 Å². The average Bonchev–Trinajstić information content (AvgIpc) is 3.19. The number of hydrogen-bond donors (Lipinski definition) is 0. The highest BCUT2D eigenvalue weighted by Crippen LogP contribution is 2.24. The molecule has 26 heavy (non-hydrogen) atoms. The normalized spacial score (nSPS) is 10.9. The van der Waals surface area contributed by atoms with Gasteiger partial charge in [-0.2, -0.15) is 0 Å². The summed E-state index contributed by atoms with van der Waals surface area (Å²) in [4.78, 5) is 13.9. The van der Waals surface area contributed by atoms with Gasteiger partial charge in [0.15, 0.2) is 11.0 Å². The second-order valence-electron chi connectivity index (χ2n) is 5.90. The Kier molecular flexibility index (Phi) is 5.41. The van der Waals surface area contributed by atoms with Crippen LogP contribution in [0.25, 0.3) is 11.4 Å². The molecule has 0 N–H and O–H groups in total. The molecule has 0 aliphatic rings. The molecule has 0 aliphatic heterocycles. The van der Waals surface area contributed by atoms with Gasteiger partial charge in [-0.25, -0.2) is 4.39 Å². The molecular weight excluding hydrogens is 355 g/mol. The smallest absolute Gasteiger partial charge is 0.233 e. The maximum atomic E-state index is 13.9. The van der Waals surface area contributed by atoms with Crippen LogP contribution in [0.15, 0.2) is 46.0 Å². The van der Waals surface area contributed by atoms with Gasteiger partial charge in [0.1, 0.15) is 17.3 Å². The average molecular weight is 374 g/mol. The van der Waals surface area contributed by atoms with Crippen LogP contribution in [0.4, 0.5) is 4.39 Å². The number of aryl methyl sites for hydroxylation is 1. The standard InChI is InChI=1S/C18H19FN4O2S/c1-12-8-9-13(25-12)10-22(2)16(24)11-26-18-21-20-17(23(18)3)14-6-4-5-7-15(14)19/h4-9H,10-11H2,1-3H3. The Balaban J connectivity index is 1.63. The van der Waals surface area contributed by atoms with Crippen molar-refractivity contribution in [2.45, 2.75) is 18.6 Å². The molecule has 1 amide bonds. The van der Waals surface area contributed by atoms with Crippen LogP contribution >= 0.6 is 11.8 Å². The number of carbonyl (C=O) groups is 1. The van der Waals surface area contributed by atoms with Gasteiger partial charge in [0, 0.05) is 14.1 Å². The van der Waals surface area contributed by atoms with Crippen molar-refractivity contribution in [3.63, 3.8) is 0 Å². The number of hydrogen-bond acceptors (Lipinski definition) is 5. The van der Waals surface area contributed by atoms with E-state index in [4.69, 9.17) is 4.42 Å². The van der Waals surface area contributed by atoms with Gasteiger partial charge in [-0.1, -0.05) is 23.9 Å². The largest absolute Gasteiger partial charge is 0.464 e. The summed E-state index contributed by atoms with van der Waals surface area (Å²) in [6.07, 6.45) is 0. The van der Waals surface area contributed by atoms with Crippen molar-refractivity contribution in [3.05, 3.63) is 53.7 Å². The van der Waals surface area contributed by atoms with Crippen LogP contribution in [0.3, 0.4) is 0 Å².